The van der Waals surface area contributed by atoms with Gasteiger partial charge in [-0.25, -0.2) is 0 Å². The summed E-state index contributed by atoms with van der Waals surface area (Å²) in [5.74, 6) is 0.559. The third-order valence-corrected chi connectivity index (χ3v) is 5.33. The quantitative estimate of drug-likeness (QED) is 0.127. The average molecular weight is 357 g/mol. The Morgan fingerprint density at radius 2 is 1.91 bits per heavy atom. The molecule has 0 amide bonds. The number of hydrogen-bond acceptors (Lipinski definition) is 9. The highest BCUT2D eigenvalue weighted by Crippen LogP contribution is 2.30. The normalized spacial score (nSPS) is 34.6. The molecule has 130 valence electrons. The van der Waals surface area contributed by atoms with Crippen LogP contribution in [0.25, 0.3) is 0 Å². The topological polar surface area (TPSA) is 140 Å². The maximum absolute atomic E-state index is 11.0. The number of hydrogen-bond donors (Lipinski definition) is 5. The van der Waals surface area contributed by atoms with Crippen LogP contribution in [0.15, 0.2) is 5.16 Å². The van der Waals surface area contributed by atoms with Gasteiger partial charge in [-0.05, 0) is 19.3 Å². The minimum atomic E-state index is -1.45. The Hall–Kier alpha value is -0.230. The highest BCUT2D eigenvalue weighted by atomic mass is 32.2. The van der Waals surface area contributed by atoms with Gasteiger partial charge in [0.05, 0.1) is 6.61 Å². The molecule has 0 aromatic rings. The highest BCUT2D eigenvalue weighted by molar-refractivity contribution is 8.14. The predicted octanol–water partition coefficient (Wildman–Crippen LogP) is -1.14. The molecule has 1 heterocycles. The number of rotatable bonds is 7. The van der Waals surface area contributed by atoms with E-state index in [1.54, 1.807) is 6.26 Å². The molecule has 0 spiro atoms. The summed E-state index contributed by atoms with van der Waals surface area (Å²) in [7, 11) is -0.871. The van der Waals surface area contributed by atoms with Crippen molar-refractivity contribution in [1.82, 2.24) is 0 Å². The van der Waals surface area contributed by atoms with Crippen LogP contribution in [0, 0.1) is 0 Å². The fourth-order valence-electron chi connectivity index (χ4n) is 2.01. The molecule has 0 unspecified atom stereocenters. The third kappa shape index (κ3) is 5.76. The molecule has 0 aromatic carbocycles. The summed E-state index contributed by atoms with van der Waals surface area (Å²) < 4.78 is 16.3. The lowest BCUT2D eigenvalue weighted by Gasteiger charge is -2.39. The first kappa shape index (κ1) is 19.8. The van der Waals surface area contributed by atoms with Gasteiger partial charge in [-0.3, -0.25) is 4.21 Å². The van der Waals surface area contributed by atoms with E-state index in [-0.39, 0.29) is 0 Å². The van der Waals surface area contributed by atoms with Gasteiger partial charge < -0.3 is 30.4 Å². The summed E-state index contributed by atoms with van der Waals surface area (Å²) in [6.45, 7) is -0.504. The van der Waals surface area contributed by atoms with Crippen molar-refractivity contribution in [3.05, 3.63) is 0 Å². The van der Waals surface area contributed by atoms with Gasteiger partial charge in [0.25, 0.3) is 0 Å². The molecule has 5 N–H and O–H groups in total. The molecule has 1 rings (SSSR count). The number of ether oxygens (including phenoxy) is 1. The van der Waals surface area contributed by atoms with Gasteiger partial charge in [0.2, 0.25) is 0 Å². The smallest absolute Gasteiger partial charge is 0.138 e. The lowest BCUT2D eigenvalue weighted by atomic mass is 10.0. The van der Waals surface area contributed by atoms with Crippen LogP contribution in [0.3, 0.4) is 0 Å². The molecular formula is C12H23NO7S2. The van der Waals surface area contributed by atoms with E-state index in [1.165, 1.54) is 0 Å². The predicted molar refractivity (Wildman–Crippen MR) is 83.4 cm³/mol. The average Bonchev–Trinajstić information content (AvgIpc) is 2.50. The van der Waals surface area contributed by atoms with Crippen molar-refractivity contribution >= 4 is 27.6 Å². The van der Waals surface area contributed by atoms with Crippen molar-refractivity contribution in [2.75, 3.05) is 18.6 Å². The fourth-order valence-corrected chi connectivity index (χ4v) is 3.70. The van der Waals surface area contributed by atoms with Crippen molar-refractivity contribution in [3.8, 4) is 0 Å². The Morgan fingerprint density at radius 1 is 1.23 bits per heavy atom. The highest BCUT2D eigenvalue weighted by Gasteiger charge is 2.44. The molecule has 1 saturated heterocycles. The monoisotopic (exact) mass is 357 g/mol. The van der Waals surface area contributed by atoms with E-state index in [2.05, 4.69) is 5.16 Å². The minimum absolute atomic E-state index is 0.297. The Bertz CT molecular complexity index is 394. The lowest BCUT2D eigenvalue weighted by Crippen LogP contribution is -2.57. The standard InChI is InChI=1S/C12H23NO7S2/c1-22(19)5-3-2-4-8(13-18)21-12-11(17)10(16)9(15)7(6-14)20-12/h7,9-12,14-18H,2-6H2,1H3/b13-8-/t7-,9-,10+,11-,12+,22+/m1/s1. The van der Waals surface area contributed by atoms with Crippen molar-refractivity contribution in [2.24, 2.45) is 5.16 Å². The van der Waals surface area contributed by atoms with Crippen LogP contribution in [0.5, 0.6) is 0 Å². The first-order valence-electron chi connectivity index (χ1n) is 6.88. The maximum atomic E-state index is 11.0. The Morgan fingerprint density at radius 3 is 2.45 bits per heavy atom. The Balaban J connectivity index is 2.53. The zero-order valence-corrected chi connectivity index (χ0v) is 13.9. The van der Waals surface area contributed by atoms with E-state index in [4.69, 9.17) is 15.1 Å². The molecule has 6 atom stereocenters. The van der Waals surface area contributed by atoms with E-state index < -0.39 is 47.3 Å². The zero-order valence-electron chi connectivity index (χ0n) is 12.2. The van der Waals surface area contributed by atoms with Crippen LogP contribution in [-0.2, 0) is 15.5 Å². The van der Waals surface area contributed by atoms with Crippen molar-refractivity contribution in [3.63, 3.8) is 0 Å². The number of thioether (sulfide) groups is 1. The second kappa shape index (κ2) is 9.81. The molecule has 0 aromatic heterocycles. The van der Waals surface area contributed by atoms with Crippen LogP contribution in [0.2, 0.25) is 0 Å². The summed E-state index contributed by atoms with van der Waals surface area (Å²) in [5, 5.41) is 50.8. The van der Waals surface area contributed by atoms with Crippen LogP contribution in [-0.4, -0.2) is 83.4 Å². The molecule has 1 aliphatic rings. The van der Waals surface area contributed by atoms with Crippen molar-refractivity contribution in [2.45, 2.75) is 49.1 Å². The molecule has 0 saturated carbocycles. The van der Waals surface area contributed by atoms with E-state index >= 15 is 0 Å². The third-order valence-electron chi connectivity index (χ3n) is 3.28. The molecular weight excluding hydrogens is 334 g/mol. The molecule has 1 fully saturated rings. The summed E-state index contributed by atoms with van der Waals surface area (Å²) >= 11 is 0.927. The summed E-state index contributed by atoms with van der Waals surface area (Å²) in [5.41, 5.74) is -0.957. The molecule has 10 heteroatoms. The summed E-state index contributed by atoms with van der Waals surface area (Å²) in [6.07, 6.45) is -1.84. The van der Waals surface area contributed by atoms with E-state index in [0.717, 1.165) is 11.8 Å². The van der Waals surface area contributed by atoms with Gasteiger partial charge >= 0.3 is 0 Å². The molecule has 22 heavy (non-hydrogen) atoms. The number of unbranched alkanes of at least 4 members (excludes halogenated alkanes) is 1. The maximum Gasteiger partial charge on any atom is 0.138 e. The first-order valence-corrected chi connectivity index (χ1v) is 9.49. The first-order chi connectivity index (χ1) is 10.4. The van der Waals surface area contributed by atoms with Gasteiger partial charge in [0, 0.05) is 22.8 Å². The zero-order chi connectivity index (χ0) is 16.7. The van der Waals surface area contributed by atoms with Gasteiger partial charge in [0.1, 0.15) is 34.9 Å². The van der Waals surface area contributed by atoms with Gasteiger partial charge in [-0.1, -0.05) is 16.9 Å². The second-order valence-electron chi connectivity index (χ2n) is 5.04. The van der Waals surface area contributed by atoms with Gasteiger partial charge in [-0.15, -0.1) is 0 Å². The molecule has 1 aliphatic heterocycles. The Labute approximate surface area is 135 Å². The van der Waals surface area contributed by atoms with E-state index in [1.807, 2.05) is 0 Å². The Kier molecular flexibility index (Phi) is 8.83. The van der Waals surface area contributed by atoms with Crippen LogP contribution < -0.4 is 0 Å². The number of oxime groups is 1. The number of aliphatic hydroxyl groups is 4. The largest absolute Gasteiger partial charge is 0.410 e. The van der Waals surface area contributed by atoms with E-state index in [0.29, 0.717) is 30.1 Å². The number of nitrogens with zero attached hydrogens (tertiary/aromatic N) is 1. The van der Waals surface area contributed by atoms with Crippen LogP contribution in [0.1, 0.15) is 19.3 Å². The molecule has 0 aliphatic carbocycles. The summed E-state index contributed by atoms with van der Waals surface area (Å²) in [4.78, 5) is 0. The number of aliphatic hydroxyl groups excluding tert-OH is 4. The molecule has 8 nitrogen and oxygen atoms in total. The van der Waals surface area contributed by atoms with Crippen molar-refractivity contribution < 1.29 is 34.6 Å². The molecule has 0 bridgehead atoms. The summed E-state index contributed by atoms with van der Waals surface area (Å²) in [6, 6.07) is 0. The van der Waals surface area contributed by atoms with Crippen LogP contribution >= 0.6 is 11.8 Å². The fraction of sp³-hybridized carbons (Fsp3) is 0.917. The van der Waals surface area contributed by atoms with Crippen molar-refractivity contribution in [1.29, 1.82) is 0 Å². The van der Waals surface area contributed by atoms with Crippen LogP contribution in [0.4, 0.5) is 0 Å². The van der Waals surface area contributed by atoms with E-state index in [9.17, 15) is 19.5 Å². The second-order valence-corrected chi connectivity index (χ2v) is 7.77. The SMILES string of the molecule is C[S@](=O)CCCC/C(=N/O)S[C@@H]1O[C@H](CO)[C@@H](O)[C@H](O)[C@H]1O. The van der Waals surface area contributed by atoms with Gasteiger partial charge in [0.15, 0.2) is 0 Å². The lowest BCUT2D eigenvalue weighted by molar-refractivity contribution is -0.205. The minimum Gasteiger partial charge on any atom is -0.410 e. The molecule has 0 radical (unpaired) electrons. The van der Waals surface area contributed by atoms with Gasteiger partial charge in [-0.2, -0.15) is 0 Å².